The van der Waals surface area contributed by atoms with Crippen molar-refractivity contribution >= 4 is 17.7 Å². The number of methoxy groups -OCH3 is 1. The molecule has 1 aliphatic carbocycles. The Bertz CT molecular complexity index is 989. The molecule has 4 rings (SSSR count). The van der Waals surface area contributed by atoms with E-state index in [9.17, 15) is 4.79 Å². The van der Waals surface area contributed by atoms with Crippen LogP contribution in [0.5, 0.6) is 11.5 Å². The minimum Gasteiger partial charge on any atom is -0.493 e. The summed E-state index contributed by atoms with van der Waals surface area (Å²) in [6.45, 7) is 0.778. The molecule has 1 amide bonds. The average molecular weight is 425 g/mol. The number of ether oxygens (including phenoxy) is 2. The third-order valence-electron chi connectivity index (χ3n) is 4.64. The number of nitrogens with one attached hydrogen (secondary N) is 1. The molecule has 3 aromatic rings. The number of para-hydroxylation sites is 3. The fourth-order valence-electron chi connectivity index (χ4n) is 3.00. The molecule has 0 aliphatic heterocycles. The van der Waals surface area contributed by atoms with Crippen LogP contribution in [0, 0.1) is 0 Å². The average Bonchev–Trinajstić information content (AvgIpc) is 3.55. The molecule has 0 bridgehead atoms. The smallest absolute Gasteiger partial charge is 0.230 e. The lowest BCUT2D eigenvalue weighted by molar-refractivity contribution is -0.118. The van der Waals surface area contributed by atoms with Gasteiger partial charge in [-0.15, -0.1) is 5.10 Å². The largest absolute Gasteiger partial charge is 0.493 e. The number of thioether (sulfide) groups is 1. The van der Waals surface area contributed by atoms with Crippen molar-refractivity contribution in [3.05, 3.63) is 60.4 Å². The predicted molar refractivity (Wildman–Crippen MR) is 116 cm³/mol. The first-order valence-electron chi connectivity index (χ1n) is 9.92. The van der Waals surface area contributed by atoms with E-state index in [-0.39, 0.29) is 11.7 Å². The van der Waals surface area contributed by atoms with Crippen molar-refractivity contribution in [3.63, 3.8) is 0 Å². The summed E-state index contributed by atoms with van der Waals surface area (Å²) in [5.41, 5.74) is 0.997. The lowest BCUT2D eigenvalue weighted by Gasteiger charge is -2.10. The van der Waals surface area contributed by atoms with Gasteiger partial charge in [-0.1, -0.05) is 42.1 Å². The van der Waals surface area contributed by atoms with E-state index in [1.165, 1.54) is 11.8 Å². The van der Waals surface area contributed by atoms with Crippen LogP contribution in [0.15, 0.2) is 59.8 Å². The Labute approximate surface area is 179 Å². The first-order valence-corrected chi connectivity index (χ1v) is 10.9. The molecule has 0 spiro atoms. The van der Waals surface area contributed by atoms with Crippen LogP contribution in [0.1, 0.15) is 24.6 Å². The number of hydrogen-bond acceptors (Lipinski definition) is 6. The third kappa shape index (κ3) is 5.13. The molecule has 8 heteroatoms. The molecule has 156 valence electrons. The number of hydrogen-bond donors (Lipinski definition) is 1. The highest BCUT2D eigenvalue weighted by molar-refractivity contribution is 7.99. The summed E-state index contributed by atoms with van der Waals surface area (Å²) in [5, 5.41) is 8.11. The molecule has 0 atom stereocenters. The van der Waals surface area contributed by atoms with Crippen LogP contribution in [-0.4, -0.2) is 46.7 Å². The van der Waals surface area contributed by atoms with Crippen LogP contribution >= 0.6 is 11.8 Å². The lowest BCUT2D eigenvalue weighted by Crippen LogP contribution is -2.29. The highest BCUT2D eigenvalue weighted by atomic mass is 32.2. The van der Waals surface area contributed by atoms with Gasteiger partial charge in [-0.3, -0.25) is 4.79 Å². The first kappa shape index (κ1) is 20.3. The van der Waals surface area contributed by atoms with Crippen LogP contribution in [0.2, 0.25) is 0 Å². The number of carbonyl (C=O) groups excluding carboxylic acids is 1. The Morgan fingerprint density at radius 1 is 1.13 bits per heavy atom. The zero-order valence-electron chi connectivity index (χ0n) is 16.8. The van der Waals surface area contributed by atoms with Gasteiger partial charge in [-0.25, -0.2) is 9.67 Å². The molecule has 1 aliphatic rings. The molecule has 0 unspecified atom stereocenters. The maximum atomic E-state index is 12.2. The molecular weight excluding hydrogens is 400 g/mol. The minimum absolute atomic E-state index is 0.0762. The van der Waals surface area contributed by atoms with Gasteiger partial charge in [-0.05, 0) is 37.1 Å². The van der Waals surface area contributed by atoms with Crippen molar-refractivity contribution in [3.8, 4) is 17.2 Å². The van der Waals surface area contributed by atoms with Crippen LogP contribution in [0.4, 0.5) is 0 Å². The van der Waals surface area contributed by atoms with Gasteiger partial charge in [0.2, 0.25) is 11.1 Å². The van der Waals surface area contributed by atoms with E-state index in [1.54, 1.807) is 7.11 Å². The van der Waals surface area contributed by atoms with Gasteiger partial charge in [0.05, 0.1) is 25.1 Å². The third-order valence-corrected chi connectivity index (χ3v) is 5.48. The van der Waals surface area contributed by atoms with E-state index in [0.717, 1.165) is 24.4 Å². The first-order chi connectivity index (χ1) is 14.7. The van der Waals surface area contributed by atoms with Gasteiger partial charge < -0.3 is 14.8 Å². The van der Waals surface area contributed by atoms with Crippen molar-refractivity contribution < 1.29 is 14.3 Å². The van der Waals surface area contributed by atoms with Gasteiger partial charge in [0.1, 0.15) is 12.4 Å². The summed E-state index contributed by atoms with van der Waals surface area (Å²) in [5.74, 6) is 2.96. The number of rotatable bonds is 10. The molecule has 0 saturated heterocycles. The van der Waals surface area contributed by atoms with Gasteiger partial charge in [0, 0.05) is 5.92 Å². The van der Waals surface area contributed by atoms with E-state index < -0.39 is 0 Å². The summed E-state index contributed by atoms with van der Waals surface area (Å²) in [6, 6.07) is 17.4. The monoisotopic (exact) mass is 424 g/mol. The fraction of sp³-hybridized carbons (Fsp3) is 0.318. The predicted octanol–water partition coefficient (Wildman–Crippen LogP) is 3.44. The van der Waals surface area contributed by atoms with Crippen LogP contribution in [0.3, 0.4) is 0 Å². The van der Waals surface area contributed by atoms with Gasteiger partial charge in [0.15, 0.2) is 11.5 Å². The van der Waals surface area contributed by atoms with Gasteiger partial charge in [-0.2, -0.15) is 0 Å². The Hall–Kier alpha value is -3.00. The molecule has 1 heterocycles. The Morgan fingerprint density at radius 3 is 2.60 bits per heavy atom. The van der Waals surface area contributed by atoms with E-state index in [0.29, 0.717) is 35.7 Å². The minimum atomic E-state index is -0.0762. The Kier molecular flexibility index (Phi) is 6.53. The highest BCUT2D eigenvalue weighted by Crippen LogP contribution is 2.40. The van der Waals surface area contributed by atoms with E-state index >= 15 is 0 Å². The summed E-state index contributed by atoms with van der Waals surface area (Å²) < 4.78 is 12.8. The zero-order chi connectivity index (χ0) is 20.8. The zero-order valence-corrected chi connectivity index (χ0v) is 17.6. The summed E-state index contributed by atoms with van der Waals surface area (Å²) in [6.07, 6.45) is 2.28. The second kappa shape index (κ2) is 9.67. The number of amides is 1. The van der Waals surface area contributed by atoms with Crippen LogP contribution in [0.25, 0.3) is 5.69 Å². The van der Waals surface area contributed by atoms with Crippen LogP contribution in [-0.2, 0) is 4.79 Å². The van der Waals surface area contributed by atoms with E-state index in [1.807, 2.05) is 59.3 Å². The van der Waals surface area contributed by atoms with Gasteiger partial charge >= 0.3 is 0 Å². The molecular formula is C22H24N4O3S. The second-order valence-electron chi connectivity index (χ2n) is 6.91. The van der Waals surface area contributed by atoms with Crippen molar-refractivity contribution in [2.45, 2.75) is 23.9 Å². The second-order valence-corrected chi connectivity index (χ2v) is 7.85. The summed E-state index contributed by atoms with van der Waals surface area (Å²) in [4.78, 5) is 16.9. The quantitative estimate of drug-likeness (QED) is 0.397. The molecule has 1 saturated carbocycles. The summed E-state index contributed by atoms with van der Waals surface area (Å²) >= 11 is 1.35. The van der Waals surface area contributed by atoms with E-state index in [4.69, 9.17) is 9.47 Å². The highest BCUT2D eigenvalue weighted by Gasteiger charge is 2.30. The molecule has 2 aromatic carbocycles. The SMILES string of the molecule is COc1ccccc1OCCNC(=O)CSc1nc(C2CC2)n(-c2ccccc2)n1. The maximum Gasteiger partial charge on any atom is 0.230 e. The normalized spacial score (nSPS) is 13.1. The number of aromatic nitrogens is 3. The summed E-state index contributed by atoms with van der Waals surface area (Å²) in [7, 11) is 1.60. The lowest BCUT2D eigenvalue weighted by atomic mass is 10.3. The number of nitrogens with zero attached hydrogens (tertiary/aromatic N) is 3. The van der Waals surface area contributed by atoms with Crippen molar-refractivity contribution in [1.29, 1.82) is 0 Å². The van der Waals surface area contributed by atoms with Gasteiger partial charge in [0.25, 0.3) is 0 Å². The van der Waals surface area contributed by atoms with Crippen molar-refractivity contribution in [1.82, 2.24) is 20.1 Å². The number of carbonyl (C=O) groups is 1. The molecule has 30 heavy (non-hydrogen) atoms. The molecule has 7 nitrogen and oxygen atoms in total. The van der Waals surface area contributed by atoms with Crippen molar-refractivity contribution in [2.75, 3.05) is 26.0 Å². The Balaban J connectivity index is 1.26. The van der Waals surface area contributed by atoms with Crippen LogP contribution < -0.4 is 14.8 Å². The standard InChI is InChI=1S/C22H24N4O3S/c1-28-18-9-5-6-10-19(18)29-14-13-23-20(27)15-30-22-24-21(16-11-12-16)26(25-22)17-7-3-2-4-8-17/h2-10,16H,11-15H2,1H3,(H,23,27). The van der Waals surface area contributed by atoms with Crippen molar-refractivity contribution in [2.24, 2.45) is 0 Å². The number of benzene rings is 2. The topological polar surface area (TPSA) is 78.3 Å². The maximum absolute atomic E-state index is 12.2. The fourth-order valence-corrected chi connectivity index (χ4v) is 3.66. The molecule has 1 N–H and O–H groups in total. The Morgan fingerprint density at radius 2 is 1.87 bits per heavy atom. The molecule has 1 aromatic heterocycles. The van der Waals surface area contributed by atoms with E-state index in [2.05, 4.69) is 15.4 Å². The molecule has 0 radical (unpaired) electrons. The molecule has 1 fully saturated rings.